The van der Waals surface area contributed by atoms with Gasteiger partial charge >= 0.3 is 11.8 Å². The third-order valence-electron chi connectivity index (χ3n) is 2.56. The highest BCUT2D eigenvalue weighted by Crippen LogP contribution is 2.37. The maximum absolute atomic E-state index is 11.1. The summed E-state index contributed by atoms with van der Waals surface area (Å²) in [6, 6.07) is 0. The van der Waals surface area contributed by atoms with Gasteiger partial charge in [-0.1, -0.05) is 0 Å². The van der Waals surface area contributed by atoms with Crippen molar-refractivity contribution in [3.8, 4) is 11.7 Å². The number of hydrogen-bond acceptors (Lipinski definition) is 6. The fourth-order valence-electron chi connectivity index (χ4n) is 1.92. The Morgan fingerprint density at radius 2 is 2.24 bits per heavy atom. The maximum Gasteiger partial charge on any atom is 0.356 e. The van der Waals surface area contributed by atoms with Crippen molar-refractivity contribution in [2.45, 2.75) is 19.4 Å². The summed E-state index contributed by atoms with van der Waals surface area (Å²) in [6.07, 6.45) is 1.37. The molecule has 8 heteroatoms. The molecule has 0 aliphatic carbocycles. The molecule has 0 saturated heterocycles. The van der Waals surface area contributed by atoms with E-state index in [4.69, 9.17) is 9.84 Å². The van der Waals surface area contributed by atoms with Gasteiger partial charge in [0, 0.05) is 0 Å². The third kappa shape index (κ3) is 1.17. The quantitative estimate of drug-likeness (QED) is 0.772. The van der Waals surface area contributed by atoms with E-state index in [1.165, 1.54) is 10.9 Å². The van der Waals surface area contributed by atoms with Crippen LogP contribution >= 0.6 is 0 Å². The first-order valence-corrected chi connectivity index (χ1v) is 4.84. The lowest BCUT2D eigenvalue weighted by molar-refractivity contribution is 0.0634. The molecule has 1 N–H and O–H groups in total. The average Bonchev–Trinajstić information content (AvgIpc) is 2.80. The molecule has 0 unspecified atom stereocenters. The summed E-state index contributed by atoms with van der Waals surface area (Å²) in [7, 11) is 0. The molecule has 0 atom stereocenters. The second-order valence-corrected chi connectivity index (χ2v) is 4.12. The zero-order valence-corrected chi connectivity index (χ0v) is 9.04. The molecular formula is C9H8N4O4. The molecule has 3 rings (SSSR count). The van der Waals surface area contributed by atoms with Gasteiger partial charge in [0.2, 0.25) is 5.82 Å². The standard InChI is InChI=1S/C9H8N4O4/c1-9(2)5-4(8(14)15)10-3-13(5)6-7(16-9)12-17-11-6/h3H,1-2H3,(H,14,15). The van der Waals surface area contributed by atoms with Crippen LogP contribution in [0.5, 0.6) is 5.88 Å². The Morgan fingerprint density at radius 1 is 1.47 bits per heavy atom. The van der Waals surface area contributed by atoms with Crippen LogP contribution < -0.4 is 4.74 Å². The summed E-state index contributed by atoms with van der Waals surface area (Å²) in [5.74, 6) is -0.591. The van der Waals surface area contributed by atoms with Crippen LogP contribution in [0.4, 0.5) is 0 Å². The van der Waals surface area contributed by atoms with Gasteiger partial charge in [-0.25, -0.2) is 14.4 Å². The van der Waals surface area contributed by atoms with Crippen molar-refractivity contribution in [3.05, 3.63) is 17.7 Å². The number of rotatable bonds is 1. The molecule has 88 valence electrons. The number of ether oxygens (including phenoxy) is 1. The van der Waals surface area contributed by atoms with Gasteiger partial charge in [-0.3, -0.25) is 4.57 Å². The summed E-state index contributed by atoms with van der Waals surface area (Å²) in [5, 5.41) is 16.3. The number of carboxylic acids is 1. The van der Waals surface area contributed by atoms with Crippen LogP contribution in [0.15, 0.2) is 11.0 Å². The monoisotopic (exact) mass is 236 g/mol. The summed E-state index contributed by atoms with van der Waals surface area (Å²) in [4.78, 5) is 14.9. The van der Waals surface area contributed by atoms with Gasteiger partial charge < -0.3 is 9.84 Å². The van der Waals surface area contributed by atoms with E-state index in [2.05, 4.69) is 19.9 Å². The molecule has 17 heavy (non-hydrogen) atoms. The SMILES string of the molecule is CC1(C)Oc2nonc2-n2cnc(C(=O)O)c21. The largest absolute Gasteiger partial charge is 0.476 e. The van der Waals surface area contributed by atoms with Crippen molar-refractivity contribution < 1.29 is 19.3 Å². The number of carboxylic acid groups (broad SMARTS) is 1. The fourth-order valence-corrected chi connectivity index (χ4v) is 1.92. The molecule has 0 saturated carbocycles. The van der Waals surface area contributed by atoms with Crippen molar-refractivity contribution in [2.24, 2.45) is 0 Å². The van der Waals surface area contributed by atoms with E-state index >= 15 is 0 Å². The number of aromatic nitrogens is 4. The summed E-state index contributed by atoms with van der Waals surface area (Å²) < 4.78 is 11.6. The Labute approximate surface area is 94.8 Å². The summed E-state index contributed by atoms with van der Waals surface area (Å²) in [5.41, 5.74) is -0.521. The Morgan fingerprint density at radius 3 is 2.94 bits per heavy atom. The molecule has 2 aromatic heterocycles. The molecule has 2 aromatic rings. The van der Waals surface area contributed by atoms with E-state index in [9.17, 15) is 4.79 Å². The van der Waals surface area contributed by atoms with E-state index in [-0.39, 0.29) is 11.6 Å². The van der Waals surface area contributed by atoms with Gasteiger partial charge in [0.15, 0.2) is 5.69 Å². The lowest BCUT2D eigenvalue weighted by Gasteiger charge is -2.29. The minimum atomic E-state index is -1.12. The number of nitrogens with zero attached hydrogens (tertiary/aromatic N) is 4. The van der Waals surface area contributed by atoms with E-state index in [1.807, 2.05) is 0 Å². The molecule has 8 nitrogen and oxygen atoms in total. The first-order chi connectivity index (χ1) is 8.00. The average molecular weight is 236 g/mol. The van der Waals surface area contributed by atoms with Crippen LogP contribution in [0.2, 0.25) is 0 Å². The molecule has 1 aliphatic rings. The van der Waals surface area contributed by atoms with Crippen LogP contribution in [0, 0.1) is 0 Å². The lowest BCUT2D eigenvalue weighted by Crippen LogP contribution is -2.34. The van der Waals surface area contributed by atoms with E-state index < -0.39 is 11.6 Å². The van der Waals surface area contributed by atoms with Gasteiger partial charge in [0.1, 0.15) is 17.6 Å². The number of carbonyl (C=O) groups is 1. The topological polar surface area (TPSA) is 103 Å². The van der Waals surface area contributed by atoms with Gasteiger partial charge in [0.05, 0.1) is 0 Å². The first-order valence-electron chi connectivity index (χ1n) is 4.84. The van der Waals surface area contributed by atoms with Crippen LogP contribution in [0.3, 0.4) is 0 Å². The highest BCUT2D eigenvalue weighted by molar-refractivity contribution is 5.87. The van der Waals surface area contributed by atoms with Crippen LogP contribution in [-0.4, -0.2) is 30.9 Å². The summed E-state index contributed by atoms with van der Waals surface area (Å²) >= 11 is 0. The molecule has 1 aliphatic heterocycles. The minimum Gasteiger partial charge on any atom is -0.476 e. The first kappa shape index (κ1) is 9.82. The Hall–Kier alpha value is -2.38. The van der Waals surface area contributed by atoms with Crippen LogP contribution in [0.25, 0.3) is 5.82 Å². The molecule has 3 heterocycles. The fraction of sp³-hybridized carbons (Fsp3) is 0.333. The van der Waals surface area contributed by atoms with Gasteiger partial charge in [-0.15, -0.1) is 0 Å². The van der Waals surface area contributed by atoms with Crippen molar-refractivity contribution in [3.63, 3.8) is 0 Å². The van der Waals surface area contributed by atoms with Gasteiger partial charge in [-0.05, 0) is 24.2 Å². The number of aromatic carboxylic acids is 1. The zero-order chi connectivity index (χ0) is 12.2. The molecule has 0 aromatic carbocycles. The molecule has 0 spiro atoms. The van der Waals surface area contributed by atoms with E-state index in [0.717, 1.165) is 0 Å². The smallest absolute Gasteiger partial charge is 0.356 e. The number of imidazole rings is 1. The van der Waals surface area contributed by atoms with Gasteiger partial charge in [0.25, 0.3) is 0 Å². The molecular weight excluding hydrogens is 228 g/mol. The van der Waals surface area contributed by atoms with Gasteiger partial charge in [-0.2, -0.15) is 0 Å². The molecule has 0 radical (unpaired) electrons. The predicted molar refractivity (Wildman–Crippen MR) is 52.0 cm³/mol. The van der Waals surface area contributed by atoms with Crippen molar-refractivity contribution >= 4 is 5.97 Å². The maximum atomic E-state index is 11.1. The molecule has 0 fully saturated rings. The van der Waals surface area contributed by atoms with Crippen molar-refractivity contribution in [1.29, 1.82) is 0 Å². The second kappa shape index (κ2) is 2.84. The minimum absolute atomic E-state index is 0.0661. The highest BCUT2D eigenvalue weighted by Gasteiger charge is 2.40. The van der Waals surface area contributed by atoms with Crippen LogP contribution in [-0.2, 0) is 5.60 Å². The van der Waals surface area contributed by atoms with Crippen LogP contribution in [0.1, 0.15) is 30.0 Å². The van der Waals surface area contributed by atoms with Crippen molar-refractivity contribution in [1.82, 2.24) is 19.9 Å². The van der Waals surface area contributed by atoms with Crippen molar-refractivity contribution in [2.75, 3.05) is 0 Å². The number of fused-ring (bicyclic) bond motifs is 3. The molecule has 0 amide bonds. The third-order valence-corrected chi connectivity index (χ3v) is 2.56. The number of hydrogen-bond donors (Lipinski definition) is 1. The normalized spacial score (nSPS) is 15.9. The lowest BCUT2D eigenvalue weighted by atomic mass is 10.0. The zero-order valence-electron chi connectivity index (χ0n) is 9.04. The highest BCUT2D eigenvalue weighted by atomic mass is 16.6. The Bertz CT molecular complexity index is 612. The summed E-state index contributed by atoms with van der Waals surface area (Å²) in [6.45, 7) is 3.45. The van der Waals surface area contributed by atoms with E-state index in [1.54, 1.807) is 13.8 Å². The Kier molecular flexibility index (Phi) is 1.64. The Balaban J connectivity index is 2.33. The molecule has 0 bridgehead atoms. The second-order valence-electron chi connectivity index (χ2n) is 4.12. The predicted octanol–water partition coefficient (Wildman–Crippen LogP) is 0.581. The van der Waals surface area contributed by atoms with E-state index in [0.29, 0.717) is 11.5 Å².